The Bertz CT molecular complexity index is 439. The van der Waals surface area contributed by atoms with Gasteiger partial charge in [0, 0.05) is 19.4 Å². The van der Waals surface area contributed by atoms with Crippen LogP contribution in [0, 0.1) is 11.8 Å². The van der Waals surface area contributed by atoms with Crippen LogP contribution in [-0.2, 0) is 9.59 Å². The van der Waals surface area contributed by atoms with Crippen molar-refractivity contribution in [2.24, 2.45) is 0 Å². The second-order valence-electron chi connectivity index (χ2n) is 4.12. The number of carboxylic acids is 1. The number of hydrogen-bond donors (Lipinski definition) is 1. The smallest absolute Gasteiger partial charge is 0.325 e. The highest BCUT2D eigenvalue weighted by atomic mass is 19.3. The number of carboxylic acid groups (broad SMARTS) is 1. The van der Waals surface area contributed by atoms with E-state index in [0.717, 1.165) is 5.92 Å². The molecule has 0 atom stereocenters. The zero-order valence-corrected chi connectivity index (χ0v) is 9.76. The molecule has 1 rings (SSSR count). The molecule has 0 spiro atoms. The average Bonchev–Trinajstić information content (AvgIpc) is 2.28. The standard InChI is InChI=1S/C11H11F4NO3/c12-10(13)3-4-11(14,15)7-16(6-5-10)8(17)1-2-9(18)19/h1-2,5-7H2,(H,18,19). The lowest BCUT2D eigenvalue weighted by molar-refractivity contribution is -0.142. The van der Waals surface area contributed by atoms with Gasteiger partial charge in [0.1, 0.15) is 0 Å². The van der Waals surface area contributed by atoms with Crippen molar-refractivity contribution < 1.29 is 32.3 Å². The summed E-state index contributed by atoms with van der Waals surface area (Å²) in [6, 6.07) is 0. The predicted octanol–water partition coefficient (Wildman–Crippen LogP) is 1.36. The van der Waals surface area contributed by atoms with Crippen LogP contribution in [-0.4, -0.2) is 46.8 Å². The first kappa shape index (κ1) is 15.3. The largest absolute Gasteiger partial charge is 0.481 e. The Labute approximate surface area is 106 Å². The Morgan fingerprint density at radius 1 is 1.11 bits per heavy atom. The molecule has 0 saturated heterocycles. The molecule has 106 valence electrons. The van der Waals surface area contributed by atoms with Gasteiger partial charge in [0.05, 0.1) is 13.0 Å². The lowest BCUT2D eigenvalue weighted by Gasteiger charge is -2.27. The molecule has 4 nitrogen and oxygen atoms in total. The molecule has 0 radical (unpaired) electrons. The van der Waals surface area contributed by atoms with E-state index in [1.54, 1.807) is 0 Å². The van der Waals surface area contributed by atoms with E-state index in [1.165, 1.54) is 5.92 Å². The van der Waals surface area contributed by atoms with Crippen molar-refractivity contribution in [1.29, 1.82) is 0 Å². The number of rotatable bonds is 3. The minimum absolute atomic E-state index is 0.510. The van der Waals surface area contributed by atoms with Gasteiger partial charge >= 0.3 is 17.8 Å². The third-order valence-electron chi connectivity index (χ3n) is 2.42. The van der Waals surface area contributed by atoms with E-state index in [1.807, 2.05) is 0 Å². The zero-order valence-electron chi connectivity index (χ0n) is 9.76. The fourth-order valence-corrected chi connectivity index (χ4v) is 1.46. The van der Waals surface area contributed by atoms with E-state index in [9.17, 15) is 27.2 Å². The molecule has 1 heterocycles. The normalized spacial score (nSPS) is 20.7. The molecule has 0 saturated carbocycles. The summed E-state index contributed by atoms with van der Waals surface area (Å²) in [6.45, 7) is -1.69. The Morgan fingerprint density at radius 3 is 2.26 bits per heavy atom. The molecule has 0 unspecified atom stereocenters. The van der Waals surface area contributed by atoms with Crippen molar-refractivity contribution >= 4 is 11.9 Å². The monoisotopic (exact) mass is 281 g/mol. The van der Waals surface area contributed by atoms with Gasteiger partial charge in [0.2, 0.25) is 5.91 Å². The lowest BCUT2D eigenvalue weighted by atomic mass is 10.1. The summed E-state index contributed by atoms with van der Waals surface area (Å²) in [4.78, 5) is 22.3. The summed E-state index contributed by atoms with van der Waals surface area (Å²) >= 11 is 0. The van der Waals surface area contributed by atoms with Gasteiger partial charge in [0.15, 0.2) is 0 Å². The number of carbonyl (C=O) groups is 2. The Hall–Kier alpha value is -1.78. The molecule has 0 aromatic carbocycles. The topological polar surface area (TPSA) is 57.6 Å². The number of amides is 1. The minimum atomic E-state index is -3.73. The number of carbonyl (C=O) groups excluding carboxylic acids is 1. The SMILES string of the molecule is O=C(O)CCC(=O)N1CCC(F)(F)C#CC(F)(F)C1. The number of hydrogen-bond acceptors (Lipinski definition) is 2. The molecular formula is C11H11F4NO3. The van der Waals surface area contributed by atoms with Crippen molar-refractivity contribution in [3.63, 3.8) is 0 Å². The fourth-order valence-electron chi connectivity index (χ4n) is 1.46. The first-order valence-electron chi connectivity index (χ1n) is 5.41. The maximum Gasteiger partial charge on any atom is 0.325 e. The van der Waals surface area contributed by atoms with Gasteiger partial charge < -0.3 is 10.0 Å². The molecule has 0 aromatic rings. The second kappa shape index (κ2) is 5.47. The van der Waals surface area contributed by atoms with Crippen LogP contribution in [0.15, 0.2) is 0 Å². The predicted molar refractivity (Wildman–Crippen MR) is 55.7 cm³/mol. The van der Waals surface area contributed by atoms with Gasteiger partial charge in [-0.2, -0.15) is 17.6 Å². The number of halogens is 4. The average molecular weight is 281 g/mol. The van der Waals surface area contributed by atoms with Gasteiger partial charge in [-0.05, 0) is 11.8 Å². The van der Waals surface area contributed by atoms with Crippen molar-refractivity contribution in [1.82, 2.24) is 4.90 Å². The molecule has 1 N–H and O–H groups in total. The summed E-state index contributed by atoms with van der Waals surface area (Å²) in [5.74, 6) is -7.14. The minimum Gasteiger partial charge on any atom is -0.481 e. The second-order valence-corrected chi connectivity index (χ2v) is 4.12. The third kappa shape index (κ3) is 5.16. The van der Waals surface area contributed by atoms with Gasteiger partial charge in [-0.15, -0.1) is 0 Å². The van der Waals surface area contributed by atoms with Crippen LogP contribution in [0.4, 0.5) is 17.6 Å². The molecule has 1 aliphatic heterocycles. The van der Waals surface area contributed by atoms with Crippen molar-refractivity contribution in [3.8, 4) is 11.8 Å². The van der Waals surface area contributed by atoms with E-state index in [2.05, 4.69) is 0 Å². The van der Waals surface area contributed by atoms with E-state index >= 15 is 0 Å². The first-order chi connectivity index (χ1) is 8.61. The van der Waals surface area contributed by atoms with E-state index in [4.69, 9.17) is 5.11 Å². The molecule has 0 bridgehead atoms. The van der Waals surface area contributed by atoms with E-state index < -0.39 is 56.1 Å². The molecule has 1 aliphatic rings. The van der Waals surface area contributed by atoms with Gasteiger partial charge in [0.25, 0.3) is 0 Å². The Kier molecular flexibility index (Phi) is 4.39. The van der Waals surface area contributed by atoms with Crippen LogP contribution in [0.25, 0.3) is 0 Å². The van der Waals surface area contributed by atoms with Crippen molar-refractivity contribution in [2.45, 2.75) is 31.1 Å². The first-order valence-corrected chi connectivity index (χ1v) is 5.41. The molecule has 0 aromatic heterocycles. The summed E-state index contributed by atoms with van der Waals surface area (Å²) in [5.41, 5.74) is 0. The highest BCUT2D eigenvalue weighted by Crippen LogP contribution is 2.24. The summed E-state index contributed by atoms with van der Waals surface area (Å²) in [6.07, 6.45) is -1.90. The Balaban J connectivity index is 2.79. The maximum atomic E-state index is 13.2. The molecular weight excluding hydrogens is 270 g/mol. The third-order valence-corrected chi connectivity index (χ3v) is 2.42. The number of nitrogens with zero attached hydrogens (tertiary/aromatic N) is 1. The molecule has 0 aliphatic carbocycles. The Morgan fingerprint density at radius 2 is 1.68 bits per heavy atom. The van der Waals surface area contributed by atoms with E-state index in [-0.39, 0.29) is 0 Å². The van der Waals surface area contributed by atoms with Crippen LogP contribution in [0.3, 0.4) is 0 Å². The van der Waals surface area contributed by atoms with Gasteiger partial charge in [-0.1, -0.05) is 0 Å². The van der Waals surface area contributed by atoms with Crippen LogP contribution in [0.5, 0.6) is 0 Å². The summed E-state index contributed by atoms with van der Waals surface area (Å²) in [7, 11) is 0. The highest BCUT2D eigenvalue weighted by molar-refractivity contribution is 5.80. The van der Waals surface area contributed by atoms with Crippen molar-refractivity contribution in [2.75, 3.05) is 13.1 Å². The molecule has 19 heavy (non-hydrogen) atoms. The lowest BCUT2D eigenvalue weighted by Crippen LogP contribution is -2.43. The van der Waals surface area contributed by atoms with Crippen LogP contribution < -0.4 is 0 Å². The quantitative estimate of drug-likeness (QED) is 0.627. The fraction of sp³-hybridized carbons (Fsp3) is 0.636. The van der Waals surface area contributed by atoms with Crippen LogP contribution >= 0.6 is 0 Å². The van der Waals surface area contributed by atoms with Gasteiger partial charge in [-0.25, -0.2) is 0 Å². The molecule has 0 fully saturated rings. The zero-order chi connectivity index (χ0) is 14.7. The van der Waals surface area contributed by atoms with Crippen LogP contribution in [0.1, 0.15) is 19.3 Å². The maximum absolute atomic E-state index is 13.2. The van der Waals surface area contributed by atoms with E-state index in [0.29, 0.717) is 4.90 Å². The van der Waals surface area contributed by atoms with Crippen LogP contribution in [0.2, 0.25) is 0 Å². The highest BCUT2D eigenvalue weighted by Gasteiger charge is 2.37. The summed E-state index contributed by atoms with van der Waals surface area (Å²) in [5, 5.41) is 8.39. The molecule has 8 heteroatoms. The molecule has 1 amide bonds. The summed E-state index contributed by atoms with van der Waals surface area (Å²) < 4.78 is 52.4. The van der Waals surface area contributed by atoms with Gasteiger partial charge in [-0.3, -0.25) is 9.59 Å². The van der Waals surface area contributed by atoms with Crippen molar-refractivity contribution in [3.05, 3.63) is 0 Å². The number of aliphatic carboxylic acids is 1. The number of alkyl halides is 4.